The molecule has 0 N–H and O–H groups in total. The van der Waals surface area contributed by atoms with Gasteiger partial charge in [0.15, 0.2) is 0 Å². The van der Waals surface area contributed by atoms with Crippen LogP contribution in [0.2, 0.25) is 0 Å². The van der Waals surface area contributed by atoms with Gasteiger partial charge in [0, 0.05) is 10.8 Å². The van der Waals surface area contributed by atoms with E-state index in [-0.39, 0.29) is 17.5 Å². The molecule has 1 saturated carbocycles. The molecule has 0 saturated heterocycles. The lowest BCUT2D eigenvalue weighted by Crippen LogP contribution is -2.18. The number of hydrogen-bond donors (Lipinski definition) is 0. The SMILES string of the molecule is O=C(CS(=O)c1ccc2c(c1)CCC2)C1CCCC1. The van der Waals surface area contributed by atoms with E-state index < -0.39 is 10.8 Å². The van der Waals surface area contributed by atoms with Crippen molar-refractivity contribution in [1.82, 2.24) is 0 Å². The van der Waals surface area contributed by atoms with Crippen LogP contribution >= 0.6 is 0 Å². The molecule has 0 amide bonds. The maximum absolute atomic E-state index is 12.3. The number of aryl methyl sites for hydroxylation is 2. The second-order valence-corrected chi connectivity index (χ2v) is 7.17. The zero-order valence-corrected chi connectivity index (χ0v) is 12.0. The van der Waals surface area contributed by atoms with Crippen molar-refractivity contribution in [1.29, 1.82) is 0 Å². The van der Waals surface area contributed by atoms with Gasteiger partial charge in [-0.1, -0.05) is 18.9 Å². The van der Waals surface area contributed by atoms with Crippen LogP contribution < -0.4 is 0 Å². The van der Waals surface area contributed by atoms with Crippen molar-refractivity contribution in [2.75, 3.05) is 5.75 Å². The molecular weight excluding hydrogens is 256 g/mol. The molecule has 0 bridgehead atoms. The predicted molar refractivity (Wildman–Crippen MR) is 76.7 cm³/mol. The zero-order valence-electron chi connectivity index (χ0n) is 11.2. The van der Waals surface area contributed by atoms with Crippen LogP contribution in [0.15, 0.2) is 23.1 Å². The minimum atomic E-state index is -1.15. The van der Waals surface area contributed by atoms with E-state index in [1.54, 1.807) is 0 Å². The predicted octanol–water partition coefficient (Wildman–Crippen LogP) is 3.04. The molecule has 1 atom stereocenters. The van der Waals surface area contributed by atoms with Crippen molar-refractivity contribution in [3.05, 3.63) is 29.3 Å². The Balaban J connectivity index is 1.68. The number of benzene rings is 1. The summed E-state index contributed by atoms with van der Waals surface area (Å²) < 4.78 is 12.3. The summed E-state index contributed by atoms with van der Waals surface area (Å²) in [5, 5.41) is 0. The second-order valence-electron chi connectivity index (χ2n) is 5.72. The van der Waals surface area contributed by atoms with Crippen LogP contribution in [0.3, 0.4) is 0 Å². The molecule has 0 heterocycles. The monoisotopic (exact) mass is 276 g/mol. The minimum Gasteiger partial charge on any atom is -0.298 e. The first kappa shape index (κ1) is 13.0. The fourth-order valence-electron chi connectivity index (χ4n) is 3.27. The van der Waals surface area contributed by atoms with Crippen molar-refractivity contribution in [3.8, 4) is 0 Å². The number of carbonyl (C=O) groups excluding carboxylic acids is 1. The summed E-state index contributed by atoms with van der Waals surface area (Å²) in [4.78, 5) is 12.9. The topological polar surface area (TPSA) is 34.1 Å². The normalized spacial score (nSPS) is 20.4. The summed E-state index contributed by atoms with van der Waals surface area (Å²) in [5.74, 6) is 0.596. The van der Waals surface area contributed by atoms with Crippen molar-refractivity contribution in [2.45, 2.75) is 49.8 Å². The maximum Gasteiger partial charge on any atom is 0.148 e. The van der Waals surface area contributed by atoms with E-state index in [1.807, 2.05) is 6.07 Å². The van der Waals surface area contributed by atoms with E-state index in [0.29, 0.717) is 0 Å². The third-order valence-electron chi connectivity index (χ3n) is 4.42. The van der Waals surface area contributed by atoms with Crippen LogP contribution in [0, 0.1) is 5.92 Å². The molecule has 0 aromatic heterocycles. The summed E-state index contributed by atoms with van der Waals surface area (Å²) in [6.07, 6.45) is 7.75. The van der Waals surface area contributed by atoms with Crippen LogP contribution in [0.4, 0.5) is 0 Å². The zero-order chi connectivity index (χ0) is 13.2. The van der Waals surface area contributed by atoms with Crippen LogP contribution in [-0.4, -0.2) is 15.7 Å². The molecule has 3 rings (SSSR count). The van der Waals surface area contributed by atoms with Crippen LogP contribution in [0.25, 0.3) is 0 Å². The molecule has 0 aliphatic heterocycles. The van der Waals surface area contributed by atoms with Gasteiger partial charge in [0.1, 0.15) is 5.78 Å². The lowest BCUT2D eigenvalue weighted by molar-refractivity contribution is -0.120. The Morgan fingerprint density at radius 1 is 1.11 bits per heavy atom. The molecule has 2 aliphatic rings. The molecule has 2 nitrogen and oxygen atoms in total. The Kier molecular flexibility index (Phi) is 3.83. The molecule has 102 valence electrons. The minimum absolute atomic E-state index is 0.179. The summed E-state index contributed by atoms with van der Waals surface area (Å²) in [6.45, 7) is 0. The molecule has 1 aromatic carbocycles. The van der Waals surface area contributed by atoms with Crippen LogP contribution in [0.1, 0.15) is 43.2 Å². The van der Waals surface area contributed by atoms with Gasteiger partial charge in [-0.05, 0) is 55.4 Å². The van der Waals surface area contributed by atoms with Gasteiger partial charge in [0.25, 0.3) is 0 Å². The van der Waals surface area contributed by atoms with Gasteiger partial charge in [-0.3, -0.25) is 9.00 Å². The first-order valence-electron chi connectivity index (χ1n) is 7.27. The molecule has 2 aliphatic carbocycles. The summed E-state index contributed by atoms with van der Waals surface area (Å²) in [6, 6.07) is 6.10. The molecule has 1 aromatic rings. The van der Waals surface area contributed by atoms with Gasteiger partial charge in [-0.15, -0.1) is 0 Å². The number of carbonyl (C=O) groups is 1. The van der Waals surface area contributed by atoms with Gasteiger partial charge in [-0.2, -0.15) is 0 Å². The highest BCUT2D eigenvalue weighted by atomic mass is 32.2. The molecule has 1 fully saturated rings. The van der Waals surface area contributed by atoms with Gasteiger partial charge in [-0.25, -0.2) is 0 Å². The number of rotatable bonds is 4. The van der Waals surface area contributed by atoms with Crippen molar-refractivity contribution < 1.29 is 9.00 Å². The van der Waals surface area contributed by atoms with Crippen molar-refractivity contribution in [2.24, 2.45) is 5.92 Å². The van der Waals surface area contributed by atoms with Gasteiger partial charge in [0.2, 0.25) is 0 Å². The maximum atomic E-state index is 12.3. The molecule has 19 heavy (non-hydrogen) atoms. The summed E-state index contributed by atoms with van der Waals surface area (Å²) in [5.41, 5.74) is 2.72. The Morgan fingerprint density at radius 3 is 2.63 bits per heavy atom. The number of fused-ring (bicyclic) bond motifs is 1. The van der Waals surface area contributed by atoms with E-state index in [0.717, 1.165) is 43.4 Å². The molecule has 0 spiro atoms. The van der Waals surface area contributed by atoms with Gasteiger partial charge < -0.3 is 0 Å². The quantitative estimate of drug-likeness (QED) is 0.847. The van der Waals surface area contributed by atoms with Crippen molar-refractivity contribution >= 4 is 16.6 Å². The van der Waals surface area contributed by atoms with Crippen molar-refractivity contribution in [3.63, 3.8) is 0 Å². The molecule has 0 radical (unpaired) electrons. The highest BCUT2D eigenvalue weighted by molar-refractivity contribution is 7.85. The smallest absolute Gasteiger partial charge is 0.148 e. The number of ketones is 1. The second kappa shape index (κ2) is 5.58. The van der Waals surface area contributed by atoms with E-state index >= 15 is 0 Å². The fourth-order valence-corrected chi connectivity index (χ4v) is 4.42. The Bertz CT molecular complexity index is 515. The van der Waals surface area contributed by atoms with Crippen LogP contribution in [0.5, 0.6) is 0 Å². The first-order chi connectivity index (χ1) is 9.24. The largest absolute Gasteiger partial charge is 0.298 e. The summed E-state index contributed by atoms with van der Waals surface area (Å²) >= 11 is 0. The number of hydrogen-bond acceptors (Lipinski definition) is 2. The van der Waals surface area contributed by atoms with E-state index in [2.05, 4.69) is 12.1 Å². The fraction of sp³-hybridized carbons (Fsp3) is 0.562. The summed E-state index contributed by atoms with van der Waals surface area (Å²) in [7, 11) is -1.15. The highest BCUT2D eigenvalue weighted by Gasteiger charge is 2.24. The van der Waals surface area contributed by atoms with E-state index in [4.69, 9.17) is 0 Å². The first-order valence-corrected chi connectivity index (χ1v) is 8.59. The lowest BCUT2D eigenvalue weighted by atomic mass is 10.0. The van der Waals surface area contributed by atoms with E-state index in [1.165, 1.54) is 17.5 Å². The third kappa shape index (κ3) is 2.81. The average Bonchev–Trinajstić information content (AvgIpc) is 3.09. The Hall–Kier alpha value is -0.960. The van der Waals surface area contributed by atoms with E-state index in [9.17, 15) is 9.00 Å². The highest BCUT2D eigenvalue weighted by Crippen LogP contribution is 2.27. The molecule has 3 heteroatoms. The van der Waals surface area contributed by atoms with Crippen LogP contribution in [-0.2, 0) is 28.4 Å². The third-order valence-corrected chi connectivity index (χ3v) is 5.74. The Morgan fingerprint density at radius 2 is 1.84 bits per heavy atom. The molecule has 1 unspecified atom stereocenters. The number of Topliss-reactive ketones (excluding diaryl/α,β-unsaturated/α-hetero) is 1. The average molecular weight is 276 g/mol. The van der Waals surface area contributed by atoms with Gasteiger partial charge in [0.05, 0.1) is 16.6 Å². The van der Waals surface area contributed by atoms with Gasteiger partial charge >= 0.3 is 0 Å². The standard InChI is InChI=1S/C16H20O2S/c17-16(13-4-1-2-5-13)11-19(18)15-9-8-12-6-3-7-14(12)10-15/h8-10,13H,1-7,11H2. The lowest BCUT2D eigenvalue weighted by Gasteiger charge is -2.08. The Labute approximate surface area is 117 Å². The molecular formula is C16H20O2S.